The van der Waals surface area contributed by atoms with Gasteiger partial charge in [-0.05, 0) is 17.4 Å². The minimum atomic E-state index is 0. The third kappa shape index (κ3) is 12.5. The summed E-state index contributed by atoms with van der Waals surface area (Å²) in [6, 6.07) is 42.7. The predicted molar refractivity (Wildman–Crippen MR) is 204 cm³/mol. The number of hydrogen-bond acceptors (Lipinski definition) is 0. The Morgan fingerprint density at radius 3 is 1.61 bits per heavy atom. The van der Waals surface area contributed by atoms with Crippen LogP contribution in [0.5, 0.6) is 0 Å². The van der Waals surface area contributed by atoms with Gasteiger partial charge in [-0.2, -0.15) is 47.5 Å². The molecule has 0 saturated carbocycles. The number of hydrogen-bond donors (Lipinski definition) is 0. The summed E-state index contributed by atoms with van der Waals surface area (Å²) in [5.74, 6) is 0. The molecule has 0 radical (unpaired) electrons. The van der Waals surface area contributed by atoms with Crippen LogP contribution >= 0.6 is 45.2 Å². The van der Waals surface area contributed by atoms with Gasteiger partial charge in [-0.15, -0.1) is 5.56 Å². The first-order chi connectivity index (χ1) is 20.8. The van der Waals surface area contributed by atoms with E-state index in [2.05, 4.69) is 172 Å². The standard InChI is InChI=1S/C21H25.C15H12I2.C5H5.2ClH.Zr/c1-20(2,3)16-9-7-14-11-15-8-10-17(21(4,5)6)13-19(15)18(14)12-16;16-14-8-4-12(5-9-14)2-1-3-13-6-10-15(17)11-7-13;1-2-4-5-3-1;;;/h7,9-10,12-13H,11H2,1-6H3;4-11H,2-3H2;1-5H;2*1H;/q-1;;-1;;;+2/p-2. The van der Waals surface area contributed by atoms with Gasteiger partial charge >= 0.3 is 152 Å². The van der Waals surface area contributed by atoms with Crippen LogP contribution in [0.3, 0.4) is 0 Å². The maximum Gasteiger partial charge on any atom is -0.172 e. The minimum absolute atomic E-state index is 0. The molecular formula is C41H42Cl2I2Zr-2. The molecule has 0 amide bonds. The van der Waals surface area contributed by atoms with E-state index in [1.54, 1.807) is 27.4 Å². The first kappa shape index (κ1) is 41.2. The maximum atomic E-state index is 3.53. The summed E-state index contributed by atoms with van der Waals surface area (Å²) in [4.78, 5) is 0. The van der Waals surface area contributed by atoms with Gasteiger partial charge in [0.25, 0.3) is 0 Å². The third-order valence-corrected chi connectivity index (χ3v) is 10.1. The van der Waals surface area contributed by atoms with Gasteiger partial charge in [0.1, 0.15) is 0 Å². The van der Waals surface area contributed by atoms with Crippen LogP contribution in [0.1, 0.15) is 74.9 Å². The van der Waals surface area contributed by atoms with Crippen LogP contribution in [0.2, 0.25) is 0 Å². The van der Waals surface area contributed by atoms with Crippen LogP contribution in [0.15, 0.2) is 109 Å². The summed E-state index contributed by atoms with van der Waals surface area (Å²) >= 11 is 6.25. The fourth-order valence-electron chi connectivity index (χ4n) is 5.07. The molecule has 5 aromatic carbocycles. The molecule has 0 nitrogen and oxygen atoms in total. The Labute approximate surface area is 332 Å². The Kier molecular flexibility index (Phi) is 16.7. The Bertz CT molecular complexity index is 1530. The van der Waals surface area contributed by atoms with Crippen LogP contribution in [-0.2, 0) is 54.3 Å². The fraction of sp³-hybridized carbons (Fsp3) is 0.268. The summed E-state index contributed by atoms with van der Waals surface area (Å²) in [7, 11) is 0. The van der Waals surface area contributed by atoms with Crippen LogP contribution in [0, 0.1) is 13.2 Å². The SMILES string of the molecule is CC(C)(C)c1c[c-]c2c(c1)-c1cc(C(C)(C)C)ccc1C2.[Cl-].[Cl-].[Zr+2]=[C](Cc1ccc(I)cc1)Cc1ccc(I)cc1.c1cc[cH-]c1. The zero-order valence-corrected chi connectivity index (χ0v) is 35.8. The molecule has 5 aromatic rings. The van der Waals surface area contributed by atoms with Crippen molar-refractivity contribution in [3.8, 4) is 11.1 Å². The molecule has 6 rings (SSSR count). The molecule has 0 spiro atoms. The van der Waals surface area contributed by atoms with Crippen LogP contribution < -0.4 is 24.8 Å². The van der Waals surface area contributed by atoms with E-state index in [9.17, 15) is 0 Å². The van der Waals surface area contributed by atoms with E-state index in [1.165, 1.54) is 51.6 Å². The number of benzene rings is 4. The van der Waals surface area contributed by atoms with Crippen LogP contribution in [-0.4, -0.2) is 3.21 Å². The molecule has 0 aromatic heterocycles. The van der Waals surface area contributed by atoms with E-state index in [-0.39, 0.29) is 35.6 Å². The van der Waals surface area contributed by atoms with Gasteiger partial charge in [-0.3, -0.25) is 0 Å². The van der Waals surface area contributed by atoms with E-state index in [0.29, 0.717) is 0 Å². The van der Waals surface area contributed by atoms with Crippen molar-refractivity contribution in [3.63, 3.8) is 0 Å². The topological polar surface area (TPSA) is 0 Å². The Hall–Kier alpha value is -0.977. The third-order valence-electron chi connectivity index (χ3n) is 7.74. The van der Waals surface area contributed by atoms with Gasteiger partial charge in [-0.1, -0.05) is 76.3 Å². The second-order valence-corrected chi connectivity index (χ2v) is 17.7. The van der Waals surface area contributed by atoms with Crippen molar-refractivity contribution in [2.24, 2.45) is 0 Å². The average molecular weight is 951 g/mol. The van der Waals surface area contributed by atoms with Gasteiger partial charge in [0, 0.05) is 0 Å². The molecule has 0 saturated heterocycles. The average Bonchev–Trinajstić information content (AvgIpc) is 3.66. The maximum absolute atomic E-state index is 3.53. The van der Waals surface area contributed by atoms with E-state index < -0.39 is 0 Å². The molecule has 0 aliphatic heterocycles. The monoisotopic (exact) mass is 948 g/mol. The quantitative estimate of drug-likeness (QED) is 0.163. The molecule has 46 heavy (non-hydrogen) atoms. The van der Waals surface area contributed by atoms with E-state index in [4.69, 9.17) is 0 Å². The first-order valence-corrected chi connectivity index (χ1v) is 18.6. The molecule has 0 heterocycles. The normalized spacial score (nSPS) is 11.3. The molecule has 1 aliphatic carbocycles. The van der Waals surface area contributed by atoms with Crippen molar-refractivity contribution in [1.82, 2.24) is 0 Å². The van der Waals surface area contributed by atoms with Gasteiger partial charge in [0.15, 0.2) is 0 Å². The first-order valence-electron chi connectivity index (χ1n) is 15.2. The minimum Gasteiger partial charge on any atom is -0.214 e. The molecule has 0 unspecified atom stereocenters. The number of fused-ring (bicyclic) bond motifs is 3. The van der Waals surface area contributed by atoms with Gasteiger partial charge < -0.3 is 24.8 Å². The Morgan fingerprint density at radius 2 is 1.17 bits per heavy atom. The number of rotatable bonds is 4. The van der Waals surface area contributed by atoms with E-state index >= 15 is 0 Å². The second kappa shape index (κ2) is 18.7. The molecule has 5 heteroatoms. The summed E-state index contributed by atoms with van der Waals surface area (Å²) in [5.41, 5.74) is 11.6. The fourth-order valence-corrected chi connectivity index (χ4v) is 6.79. The molecule has 0 fully saturated rings. The smallest absolute Gasteiger partial charge is 0.172 e. The molecule has 240 valence electrons. The van der Waals surface area contributed by atoms with Crippen molar-refractivity contribution in [3.05, 3.63) is 156 Å². The summed E-state index contributed by atoms with van der Waals surface area (Å²) in [5, 5.41) is 0. The van der Waals surface area contributed by atoms with Crippen LogP contribution in [0.4, 0.5) is 0 Å². The zero-order valence-electron chi connectivity index (χ0n) is 27.5. The summed E-state index contributed by atoms with van der Waals surface area (Å²) in [6.45, 7) is 13.6. The van der Waals surface area contributed by atoms with Crippen molar-refractivity contribution in [2.45, 2.75) is 71.6 Å². The zero-order chi connectivity index (χ0) is 31.9. The van der Waals surface area contributed by atoms with E-state index in [1.807, 2.05) is 30.3 Å². The summed E-state index contributed by atoms with van der Waals surface area (Å²) < 4.78 is 4.21. The van der Waals surface area contributed by atoms with Crippen molar-refractivity contribution < 1.29 is 49.0 Å². The largest absolute Gasteiger partial charge is 0.214 e. The van der Waals surface area contributed by atoms with Gasteiger partial charge in [-0.25, -0.2) is 12.1 Å². The predicted octanol–water partition coefficient (Wildman–Crippen LogP) is 5.47. The van der Waals surface area contributed by atoms with Crippen molar-refractivity contribution in [1.29, 1.82) is 0 Å². The molecule has 0 N–H and O–H groups in total. The molecule has 0 atom stereocenters. The summed E-state index contributed by atoms with van der Waals surface area (Å²) in [6.07, 6.45) is 3.25. The van der Waals surface area contributed by atoms with Crippen LogP contribution in [0.25, 0.3) is 11.1 Å². The Morgan fingerprint density at radius 1 is 0.696 bits per heavy atom. The van der Waals surface area contributed by atoms with Crippen molar-refractivity contribution in [2.75, 3.05) is 0 Å². The van der Waals surface area contributed by atoms with Gasteiger partial charge in [0.2, 0.25) is 0 Å². The molecular weight excluding hydrogens is 908 g/mol. The molecule has 1 aliphatic rings. The van der Waals surface area contributed by atoms with Gasteiger partial charge in [0.05, 0.1) is 0 Å². The van der Waals surface area contributed by atoms with E-state index in [0.717, 1.165) is 19.3 Å². The second-order valence-electron chi connectivity index (χ2n) is 13.5. The van der Waals surface area contributed by atoms with Crippen molar-refractivity contribution >= 4 is 48.4 Å². The Balaban J connectivity index is 0.000000270. The number of halogens is 4. The molecule has 0 bridgehead atoms.